The summed E-state index contributed by atoms with van der Waals surface area (Å²) >= 11 is 1.44. The van der Waals surface area contributed by atoms with Gasteiger partial charge >= 0.3 is 0 Å². The van der Waals surface area contributed by atoms with Crippen LogP contribution in [0.15, 0.2) is 24.3 Å². The van der Waals surface area contributed by atoms with Gasteiger partial charge in [0.25, 0.3) is 0 Å². The minimum Gasteiger partial charge on any atom is -0.356 e. The molecule has 0 unspecified atom stereocenters. The molecule has 0 amide bonds. The molecule has 2 aromatic rings. The Kier molecular flexibility index (Phi) is 5.40. The normalized spacial score (nSPS) is 15.9. The zero-order valence-corrected chi connectivity index (χ0v) is 14.0. The molecular formula is C17H24N4S. The first-order valence-electron chi connectivity index (χ1n) is 8.20. The van der Waals surface area contributed by atoms with Crippen molar-refractivity contribution < 1.29 is 0 Å². The lowest BCUT2D eigenvalue weighted by molar-refractivity contribution is 0.221. The Morgan fingerprint density at radius 3 is 2.50 bits per heavy atom. The average Bonchev–Trinajstić information content (AvgIpc) is 3.03. The van der Waals surface area contributed by atoms with Gasteiger partial charge in [-0.25, -0.2) is 4.98 Å². The monoisotopic (exact) mass is 316 g/mol. The largest absolute Gasteiger partial charge is 0.356 e. The van der Waals surface area contributed by atoms with E-state index in [1.165, 1.54) is 55.0 Å². The van der Waals surface area contributed by atoms with Gasteiger partial charge in [-0.1, -0.05) is 37.6 Å². The van der Waals surface area contributed by atoms with E-state index in [1.54, 1.807) is 0 Å². The summed E-state index contributed by atoms with van der Waals surface area (Å²) in [7, 11) is 0. The van der Waals surface area contributed by atoms with Crippen molar-refractivity contribution in [2.45, 2.75) is 45.7 Å². The van der Waals surface area contributed by atoms with E-state index in [-0.39, 0.29) is 0 Å². The zero-order valence-electron chi connectivity index (χ0n) is 13.2. The van der Waals surface area contributed by atoms with E-state index in [1.807, 2.05) is 0 Å². The van der Waals surface area contributed by atoms with Crippen molar-refractivity contribution >= 4 is 16.7 Å². The highest BCUT2D eigenvalue weighted by Crippen LogP contribution is 2.15. The number of hydrogen-bond acceptors (Lipinski definition) is 5. The lowest BCUT2D eigenvalue weighted by atomic mass is 10.1. The molecule has 0 radical (unpaired) electrons. The summed E-state index contributed by atoms with van der Waals surface area (Å²) in [6, 6.07) is 8.94. The molecule has 0 atom stereocenters. The Bertz CT molecular complexity index is 573. The third kappa shape index (κ3) is 4.27. The topological polar surface area (TPSA) is 41.1 Å². The number of aromatic nitrogens is 2. The molecule has 1 aliphatic heterocycles. The van der Waals surface area contributed by atoms with Crippen molar-refractivity contribution in [1.82, 2.24) is 14.3 Å². The van der Waals surface area contributed by atoms with Gasteiger partial charge in [-0.3, -0.25) is 4.90 Å². The van der Waals surface area contributed by atoms with Crippen LogP contribution in [0.25, 0.3) is 0 Å². The number of hydrogen-bond donors (Lipinski definition) is 1. The summed E-state index contributed by atoms with van der Waals surface area (Å²) in [5, 5.41) is 4.26. The van der Waals surface area contributed by atoms with E-state index in [9.17, 15) is 0 Å². The molecule has 1 aromatic carbocycles. The van der Waals surface area contributed by atoms with Gasteiger partial charge in [0.2, 0.25) is 5.13 Å². The van der Waals surface area contributed by atoms with Crippen LogP contribution >= 0.6 is 11.5 Å². The molecule has 2 heterocycles. The molecule has 4 nitrogen and oxygen atoms in total. The van der Waals surface area contributed by atoms with Crippen LogP contribution in [0, 0.1) is 0 Å². The van der Waals surface area contributed by atoms with Crippen molar-refractivity contribution in [1.29, 1.82) is 0 Å². The van der Waals surface area contributed by atoms with Crippen LogP contribution < -0.4 is 5.32 Å². The SMILES string of the molecule is CCc1nsc(NCc2ccc(CN3CCCCC3)cc2)n1. The number of likely N-dealkylation sites (tertiary alicyclic amines) is 1. The van der Waals surface area contributed by atoms with Crippen LogP contribution in [0.4, 0.5) is 5.13 Å². The fourth-order valence-corrected chi connectivity index (χ4v) is 3.43. The van der Waals surface area contributed by atoms with Crippen molar-refractivity contribution in [3.05, 3.63) is 41.2 Å². The minimum atomic E-state index is 0.808. The molecular weight excluding hydrogens is 292 g/mol. The fraction of sp³-hybridized carbons (Fsp3) is 0.529. The molecule has 0 bridgehead atoms. The highest BCUT2D eigenvalue weighted by atomic mass is 32.1. The van der Waals surface area contributed by atoms with Gasteiger partial charge in [0.05, 0.1) is 0 Å². The predicted molar refractivity (Wildman–Crippen MR) is 92.2 cm³/mol. The second kappa shape index (κ2) is 7.70. The number of nitrogens with zero attached hydrogens (tertiary/aromatic N) is 3. The van der Waals surface area contributed by atoms with Crippen LogP contribution in [0.5, 0.6) is 0 Å². The summed E-state index contributed by atoms with van der Waals surface area (Å²) < 4.78 is 4.29. The Balaban J connectivity index is 1.50. The van der Waals surface area contributed by atoms with E-state index in [0.717, 1.165) is 30.5 Å². The second-order valence-electron chi connectivity index (χ2n) is 5.88. The van der Waals surface area contributed by atoms with Crippen molar-refractivity contribution in [3.8, 4) is 0 Å². The van der Waals surface area contributed by atoms with Crippen LogP contribution in [-0.2, 0) is 19.5 Å². The Morgan fingerprint density at radius 2 is 1.82 bits per heavy atom. The smallest absolute Gasteiger partial charge is 0.202 e. The molecule has 1 aliphatic rings. The molecule has 1 fully saturated rings. The first-order chi connectivity index (χ1) is 10.8. The van der Waals surface area contributed by atoms with Gasteiger partial charge in [0.1, 0.15) is 5.82 Å². The average molecular weight is 316 g/mol. The first kappa shape index (κ1) is 15.4. The van der Waals surface area contributed by atoms with E-state index in [4.69, 9.17) is 0 Å². The third-order valence-corrected chi connectivity index (χ3v) is 4.82. The van der Waals surface area contributed by atoms with Gasteiger partial charge in [-0.15, -0.1) is 0 Å². The summed E-state index contributed by atoms with van der Waals surface area (Å²) in [6.07, 6.45) is 4.99. The number of benzene rings is 1. The Hall–Kier alpha value is -1.46. The maximum absolute atomic E-state index is 4.43. The summed E-state index contributed by atoms with van der Waals surface area (Å²) in [4.78, 5) is 6.99. The molecule has 22 heavy (non-hydrogen) atoms. The van der Waals surface area contributed by atoms with Crippen LogP contribution in [0.2, 0.25) is 0 Å². The van der Waals surface area contributed by atoms with E-state index >= 15 is 0 Å². The maximum Gasteiger partial charge on any atom is 0.202 e. The molecule has 0 saturated carbocycles. The quantitative estimate of drug-likeness (QED) is 0.882. The number of piperidine rings is 1. The van der Waals surface area contributed by atoms with Crippen molar-refractivity contribution in [2.75, 3.05) is 18.4 Å². The maximum atomic E-state index is 4.43. The summed E-state index contributed by atoms with van der Waals surface area (Å²) in [5.41, 5.74) is 2.70. The number of nitrogens with one attached hydrogen (secondary N) is 1. The molecule has 5 heteroatoms. The van der Waals surface area contributed by atoms with Crippen LogP contribution in [0.1, 0.15) is 43.1 Å². The minimum absolute atomic E-state index is 0.808. The standard InChI is InChI=1S/C17H24N4S/c1-2-16-19-17(22-20-16)18-12-14-6-8-15(9-7-14)13-21-10-4-3-5-11-21/h6-9H,2-5,10-13H2,1H3,(H,18,19,20). The molecule has 0 aliphatic carbocycles. The van der Waals surface area contributed by atoms with Gasteiger partial charge in [0.15, 0.2) is 0 Å². The van der Waals surface area contributed by atoms with Crippen molar-refractivity contribution in [3.63, 3.8) is 0 Å². The third-order valence-electron chi connectivity index (χ3n) is 4.11. The summed E-state index contributed by atoms with van der Waals surface area (Å²) in [6.45, 7) is 6.47. The Labute approximate surface area is 136 Å². The Morgan fingerprint density at radius 1 is 1.09 bits per heavy atom. The molecule has 1 saturated heterocycles. The van der Waals surface area contributed by atoms with Crippen LogP contribution in [0.3, 0.4) is 0 Å². The van der Waals surface area contributed by atoms with Gasteiger partial charge in [0, 0.05) is 31.0 Å². The summed E-state index contributed by atoms with van der Waals surface area (Å²) in [5.74, 6) is 0.921. The second-order valence-corrected chi connectivity index (χ2v) is 6.63. The van der Waals surface area contributed by atoms with Gasteiger partial charge in [-0.05, 0) is 37.1 Å². The molecule has 1 N–H and O–H groups in total. The van der Waals surface area contributed by atoms with Gasteiger partial charge < -0.3 is 5.32 Å². The lowest BCUT2D eigenvalue weighted by Crippen LogP contribution is -2.29. The van der Waals surface area contributed by atoms with E-state index in [2.05, 4.69) is 50.8 Å². The predicted octanol–water partition coefficient (Wildman–Crippen LogP) is 3.70. The van der Waals surface area contributed by atoms with E-state index in [0.29, 0.717) is 0 Å². The van der Waals surface area contributed by atoms with Crippen LogP contribution in [-0.4, -0.2) is 27.3 Å². The molecule has 1 aromatic heterocycles. The number of aryl methyl sites for hydroxylation is 1. The molecule has 3 rings (SSSR count). The number of anilines is 1. The first-order valence-corrected chi connectivity index (χ1v) is 8.97. The molecule has 118 valence electrons. The number of rotatable bonds is 6. The fourth-order valence-electron chi connectivity index (χ4n) is 2.79. The lowest BCUT2D eigenvalue weighted by Gasteiger charge is -2.26. The zero-order chi connectivity index (χ0) is 15.2. The molecule has 0 spiro atoms. The highest BCUT2D eigenvalue weighted by Gasteiger charge is 2.10. The highest BCUT2D eigenvalue weighted by molar-refractivity contribution is 7.09. The van der Waals surface area contributed by atoms with E-state index < -0.39 is 0 Å². The van der Waals surface area contributed by atoms with Crippen molar-refractivity contribution in [2.24, 2.45) is 0 Å². The van der Waals surface area contributed by atoms with Gasteiger partial charge in [-0.2, -0.15) is 4.37 Å².